The van der Waals surface area contributed by atoms with Gasteiger partial charge in [-0.25, -0.2) is 4.79 Å². The molecule has 0 radical (unpaired) electrons. The Balaban J connectivity index is 1.87. The number of halogens is 1. The van der Waals surface area contributed by atoms with Gasteiger partial charge in [-0.3, -0.25) is 0 Å². The van der Waals surface area contributed by atoms with Crippen LogP contribution in [0.4, 0.5) is 0 Å². The molecule has 2 aromatic carbocycles. The fourth-order valence-electron chi connectivity index (χ4n) is 2.41. The van der Waals surface area contributed by atoms with E-state index in [4.69, 9.17) is 25.9 Å². The van der Waals surface area contributed by atoms with Gasteiger partial charge in [0.1, 0.15) is 0 Å². The van der Waals surface area contributed by atoms with Crippen molar-refractivity contribution in [2.24, 2.45) is 5.16 Å². The predicted octanol–water partition coefficient (Wildman–Crippen LogP) is 4.88. The average molecular weight is 444 g/mol. The van der Waals surface area contributed by atoms with Crippen LogP contribution in [0.25, 0.3) is 0 Å². The van der Waals surface area contributed by atoms with Gasteiger partial charge in [0.05, 0.1) is 36.6 Å². The van der Waals surface area contributed by atoms with Crippen LogP contribution in [-0.4, -0.2) is 35.9 Å². The van der Waals surface area contributed by atoms with E-state index in [9.17, 15) is 4.79 Å². The molecule has 9 heteroatoms. The summed E-state index contributed by atoms with van der Waals surface area (Å²) >= 11 is 7.42. The van der Waals surface area contributed by atoms with Crippen molar-refractivity contribution >= 4 is 35.0 Å². The second-order valence-corrected chi connectivity index (χ2v) is 7.29. The van der Waals surface area contributed by atoms with E-state index in [1.54, 1.807) is 31.2 Å². The van der Waals surface area contributed by atoms with Gasteiger partial charge in [0, 0.05) is 4.90 Å². The lowest BCUT2D eigenvalue weighted by Crippen LogP contribution is -2.06. The Bertz CT molecular complexity index is 1050. The molecular formula is C21H18ClN3O4S. The van der Waals surface area contributed by atoms with Crippen molar-refractivity contribution in [1.82, 2.24) is 9.97 Å². The first-order chi connectivity index (χ1) is 14.5. The van der Waals surface area contributed by atoms with Crippen LogP contribution < -0.4 is 9.47 Å². The maximum atomic E-state index is 12.7. The lowest BCUT2D eigenvalue weighted by atomic mass is 10.1. The quantitative estimate of drug-likeness (QED) is 0.223. The second kappa shape index (κ2) is 10.1. The van der Waals surface area contributed by atoms with E-state index in [1.807, 2.05) is 30.3 Å². The number of oxime groups is 1. The lowest BCUT2D eigenvalue weighted by Gasteiger charge is -2.10. The Kier molecular flexibility index (Phi) is 7.26. The molecule has 1 heterocycles. The standard InChI is InChI=1S/C21H18ClN3O4S/c1-13(14-8-5-4-6-9-14)25-29-20(26)19-15(22)10-7-11-16(19)30-21-23-17(27-2)12-18(24-21)28-3/h4-12H,1-3H3/b25-13+. The third kappa shape index (κ3) is 5.28. The Morgan fingerprint density at radius 3 is 2.30 bits per heavy atom. The topological polar surface area (TPSA) is 82.9 Å². The number of hydrogen-bond acceptors (Lipinski definition) is 8. The van der Waals surface area contributed by atoms with Crippen molar-refractivity contribution in [1.29, 1.82) is 0 Å². The molecule has 0 N–H and O–H groups in total. The van der Waals surface area contributed by atoms with E-state index in [2.05, 4.69) is 15.1 Å². The van der Waals surface area contributed by atoms with E-state index in [-0.39, 0.29) is 10.6 Å². The number of rotatable bonds is 7. The Morgan fingerprint density at radius 2 is 1.67 bits per heavy atom. The minimum Gasteiger partial charge on any atom is -0.481 e. The third-order valence-corrected chi connectivity index (χ3v) is 5.15. The molecule has 0 unspecified atom stereocenters. The summed E-state index contributed by atoms with van der Waals surface area (Å²) < 4.78 is 10.3. The first kappa shape index (κ1) is 21.6. The molecule has 0 spiro atoms. The summed E-state index contributed by atoms with van der Waals surface area (Å²) in [5.74, 6) is -0.0228. The smallest absolute Gasteiger partial charge is 0.368 e. The van der Waals surface area contributed by atoms with E-state index >= 15 is 0 Å². The summed E-state index contributed by atoms with van der Waals surface area (Å²) in [6.45, 7) is 1.75. The zero-order chi connectivity index (χ0) is 21.5. The molecule has 0 bridgehead atoms. The van der Waals surface area contributed by atoms with Crippen molar-refractivity contribution in [3.8, 4) is 11.8 Å². The van der Waals surface area contributed by atoms with Crippen molar-refractivity contribution in [2.45, 2.75) is 17.0 Å². The average Bonchev–Trinajstić information content (AvgIpc) is 2.77. The van der Waals surface area contributed by atoms with E-state index < -0.39 is 5.97 Å². The summed E-state index contributed by atoms with van der Waals surface area (Å²) in [7, 11) is 2.98. The highest BCUT2D eigenvalue weighted by molar-refractivity contribution is 7.99. The largest absolute Gasteiger partial charge is 0.481 e. The van der Waals surface area contributed by atoms with E-state index in [1.165, 1.54) is 14.2 Å². The van der Waals surface area contributed by atoms with Crippen molar-refractivity contribution in [3.05, 3.63) is 70.7 Å². The molecule has 0 aliphatic heterocycles. The molecule has 154 valence electrons. The highest BCUT2D eigenvalue weighted by Gasteiger charge is 2.20. The fourth-order valence-corrected chi connectivity index (χ4v) is 3.63. The maximum absolute atomic E-state index is 12.7. The van der Waals surface area contributed by atoms with Crippen LogP contribution in [-0.2, 0) is 4.84 Å². The highest BCUT2D eigenvalue weighted by Crippen LogP contribution is 2.34. The normalized spacial score (nSPS) is 11.1. The minimum absolute atomic E-state index is 0.166. The molecule has 3 aromatic rings. The zero-order valence-corrected chi connectivity index (χ0v) is 18.0. The monoisotopic (exact) mass is 443 g/mol. The predicted molar refractivity (Wildman–Crippen MR) is 115 cm³/mol. The molecule has 3 rings (SSSR count). The molecular weight excluding hydrogens is 426 g/mol. The Hall–Kier alpha value is -3.10. The first-order valence-electron chi connectivity index (χ1n) is 8.76. The number of benzene rings is 2. The van der Waals surface area contributed by atoms with E-state index in [0.29, 0.717) is 27.5 Å². The van der Waals surface area contributed by atoms with Crippen LogP contribution in [0.3, 0.4) is 0 Å². The molecule has 0 amide bonds. The van der Waals surface area contributed by atoms with Gasteiger partial charge in [-0.1, -0.05) is 53.2 Å². The summed E-state index contributed by atoms with van der Waals surface area (Å²) in [5, 5.41) is 4.50. The van der Waals surface area contributed by atoms with Crippen LogP contribution in [0.5, 0.6) is 11.8 Å². The summed E-state index contributed by atoms with van der Waals surface area (Å²) in [6.07, 6.45) is 0. The van der Waals surface area contributed by atoms with Gasteiger partial charge in [-0.05, 0) is 36.4 Å². The minimum atomic E-state index is -0.687. The number of methoxy groups -OCH3 is 2. The number of hydrogen-bond donors (Lipinski definition) is 0. The van der Waals surface area contributed by atoms with Crippen molar-refractivity contribution < 1.29 is 19.1 Å². The van der Waals surface area contributed by atoms with Crippen LogP contribution >= 0.6 is 23.4 Å². The van der Waals surface area contributed by atoms with Gasteiger partial charge in [-0.2, -0.15) is 9.97 Å². The van der Waals surface area contributed by atoms with Crippen molar-refractivity contribution in [3.63, 3.8) is 0 Å². The number of aromatic nitrogens is 2. The number of ether oxygens (including phenoxy) is 2. The van der Waals surface area contributed by atoms with Crippen LogP contribution in [0.1, 0.15) is 22.8 Å². The molecule has 0 aliphatic rings. The molecule has 0 saturated carbocycles. The van der Waals surface area contributed by atoms with Gasteiger partial charge in [0.25, 0.3) is 0 Å². The molecule has 0 aliphatic carbocycles. The molecule has 0 atom stereocenters. The summed E-state index contributed by atoms with van der Waals surface area (Å²) in [6, 6.07) is 16.0. The summed E-state index contributed by atoms with van der Waals surface area (Å²) in [5.41, 5.74) is 1.57. The van der Waals surface area contributed by atoms with Gasteiger partial charge in [0.2, 0.25) is 11.8 Å². The zero-order valence-electron chi connectivity index (χ0n) is 16.5. The highest BCUT2D eigenvalue weighted by atomic mass is 35.5. The Morgan fingerprint density at radius 1 is 1.00 bits per heavy atom. The Labute approximate surface area is 183 Å². The molecule has 30 heavy (non-hydrogen) atoms. The molecule has 0 saturated heterocycles. The SMILES string of the molecule is COc1cc(OC)nc(Sc2cccc(Cl)c2C(=O)O/N=C(\C)c2ccccc2)n1. The first-order valence-corrected chi connectivity index (χ1v) is 9.96. The maximum Gasteiger partial charge on any atom is 0.368 e. The van der Waals surface area contributed by atoms with Crippen LogP contribution in [0.2, 0.25) is 5.02 Å². The molecule has 1 aromatic heterocycles. The third-order valence-electron chi connectivity index (χ3n) is 3.91. The number of nitrogens with zero attached hydrogens (tertiary/aromatic N) is 3. The van der Waals surface area contributed by atoms with Gasteiger partial charge in [0.15, 0.2) is 5.16 Å². The number of carbonyl (C=O) groups is 1. The van der Waals surface area contributed by atoms with Gasteiger partial charge >= 0.3 is 5.97 Å². The van der Waals surface area contributed by atoms with Crippen LogP contribution in [0, 0.1) is 0 Å². The van der Waals surface area contributed by atoms with Crippen LogP contribution in [0.15, 0.2) is 69.8 Å². The second-order valence-electron chi connectivity index (χ2n) is 5.87. The molecule has 0 fully saturated rings. The van der Waals surface area contributed by atoms with Crippen molar-refractivity contribution in [2.75, 3.05) is 14.2 Å². The number of carbonyl (C=O) groups excluding carboxylic acids is 1. The summed E-state index contributed by atoms with van der Waals surface area (Å²) in [4.78, 5) is 26.9. The molecule has 7 nitrogen and oxygen atoms in total. The fraction of sp³-hybridized carbons (Fsp3) is 0.143. The van der Waals surface area contributed by atoms with Gasteiger partial charge < -0.3 is 14.3 Å². The van der Waals surface area contributed by atoms with Gasteiger partial charge in [-0.15, -0.1) is 0 Å². The lowest BCUT2D eigenvalue weighted by molar-refractivity contribution is 0.0512. The van der Waals surface area contributed by atoms with E-state index in [0.717, 1.165) is 17.3 Å².